The van der Waals surface area contributed by atoms with Gasteiger partial charge in [-0.2, -0.15) is 0 Å². The lowest BCUT2D eigenvalue weighted by molar-refractivity contribution is -0.0871. The van der Waals surface area contributed by atoms with E-state index in [0.29, 0.717) is 29.9 Å². The molecule has 2 unspecified atom stereocenters. The van der Waals surface area contributed by atoms with E-state index in [4.69, 9.17) is 32.7 Å². The van der Waals surface area contributed by atoms with Crippen molar-refractivity contribution < 1.29 is 9.47 Å². The molecule has 0 radical (unpaired) electrons. The number of hydrogen-bond acceptors (Lipinski definition) is 3. The van der Waals surface area contributed by atoms with Gasteiger partial charge in [0, 0.05) is 22.6 Å². The second kappa shape index (κ2) is 7.46. The monoisotopic (exact) mass is 303 g/mol. The fourth-order valence-corrected chi connectivity index (χ4v) is 2.73. The molecule has 1 aliphatic rings. The average molecular weight is 304 g/mol. The summed E-state index contributed by atoms with van der Waals surface area (Å²) in [5.74, 6) is 0. The van der Waals surface area contributed by atoms with Crippen LogP contribution in [0.3, 0.4) is 0 Å². The zero-order valence-electron chi connectivity index (χ0n) is 11.0. The van der Waals surface area contributed by atoms with E-state index in [1.807, 2.05) is 12.1 Å². The predicted molar refractivity (Wildman–Crippen MR) is 78.1 cm³/mol. The predicted octanol–water partition coefficient (Wildman–Crippen LogP) is 3.45. The van der Waals surface area contributed by atoms with Gasteiger partial charge < -0.3 is 14.8 Å². The molecule has 0 spiro atoms. The van der Waals surface area contributed by atoms with E-state index in [2.05, 4.69) is 12.2 Å². The molecule has 0 amide bonds. The molecule has 1 heterocycles. The Morgan fingerprint density at radius 3 is 2.84 bits per heavy atom. The van der Waals surface area contributed by atoms with Gasteiger partial charge >= 0.3 is 0 Å². The standard InChI is InChI=1S/C14H19Cl2NO2/c1-2-14(12-4-3-10(15)7-13(12)16)17-8-11-9-18-5-6-19-11/h3-4,7,11,14,17H,2,5-6,8-9H2,1H3. The maximum absolute atomic E-state index is 6.24. The number of hydrogen-bond donors (Lipinski definition) is 1. The van der Waals surface area contributed by atoms with E-state index >= 15 is 0 Å². The topological polar surface area (TPSA) is 30.5 Å². The fourth-order valence-electron chi connectivity index (χ4n) is 2.19. The third kappa shape index (κ3) is 4.33. The van der Waals surface area contributed by atoms with Crippen molar-refractivity contribution in [2.24, 2.45) is 0 Å². The Labute approximate surface area is 124 Å². The first-order valence-corrected chi connectivity index (χ1v) is 7.34. The SMILES string of the molecule is CCC(NCC1COCCO1)c1ccc(Cl)cc1Cl. The molecule has 2 rings (SSSR count). The first kappa shape index (κ1) is 15.1. The Morgan fingerprint density at radius 2 is 2.21 bits per heavy atom. The third-order valence-electron chi connectivity index (χ3n) is 3.22. The lowest BCUT2D eigenvalue weighted by atomic mass is 10.0. The highest BCUT2D eigenvalue weighted by Crippen LogP contribution is 2.28. The summed E-state index contributed by atoms with van der Waals surface area (Å²) in [7, 11) is 0. The van der Waals surface area contributed by atoms with Crippen LogP contribution in [0.2, 0.25) is 10.0 Å². The third-order valence-corrected chi connectivity index (χ3v) is 3.79. The molecule has 1 saturated heterocycles. The van der Waals surface area contributed by atoms with Crippen LogP contribution in [0.1, 0.15) is 24.9 Å². The van der Waals surface area contributed by atoms with Gasteiger partial charge in [0.25, 0.3) is 0 Å². The van der Waals surface area contributed by atoms with Crippen LogP contribution < -0.4 is 5.32 Å². The van der Waals surface area contributed by atoms with E-state index in [1.165, 1.54) is 0 Å². The van der Waals surface area contributed by atoms with Gasteiger partial charge in [0.15, 0.2) is 0 Å². The van der Waals surface area contributed by atoms with E-state index in [-0.39, 0.29) is 12.1 Å². The van der Waals surface area contributed by atoms with Crippen molar-refractivity contribution in [3.05, 3.63) is 33.8 Å². The molecule has 2 atom stereocenters. The summed E-state index contributed by atoms with van der Waals surface area (Å²) < 4.78 is 11.0. The Bertz CT molecular complexity index is 408. The fraction of sp³-hybridized carbons (Fsp3) is 0.571. The number of nitrogens with one attached hydrogen (secondary N) is 1. The van der Waals surface area contributed by atoms with Crippen molar-refractivity contribution in [1.82, 2.24) is 5.32 Å². The molecule has 1 aliphatic heterocycles. The maximum Gasteiger partial charge on any atom is 0.0933 e. The Kier molecular flexibility index (Phi) is 5.92. The molecule has 3 nitrogen and oxygen atoms in total. The number of benzene rings is 1. The highest BCUT2D eigenvalue weighted by molar-refractivity contribution is 6.35. The number of halogens is 2. The zero-order chi connectivity index (χ0) is 13.7. The Balaban J connectivity index is 1.95. The molecular weight excluding hydrogens is 285 g/mol. The van der Waals surface area contributed by atoms with Gasteiger partial charge in [0.2, 0.25) is 0 Å². The second-order valence-electron chi connectivity index (χ2n) is 4.60. The molecule has 5 heteroatoms. The maximum atomic E-state index is 6.24. The minimum atomic E-state index is 0.119. The summed E-state index contributed by atoms with van der Waals surface area (Å²) in [6.07, 6.45) is 1.07. The van der Waals surface area contributed by atoms with Crippen LogP contribution in [0.4, 0.5) is 0 Å². The van der Waals surface area contributed by atoms with Crippen molar-refractivity contribution in [3.63, 3.8) is 0 Å². The minimum Gasteiger partial charge on any atom is -0.376 e. The first-order chi connectivity index (χ1) is 9.20. The molecule has 0 saturated carbocycles. The smallest absolute Gasteiger partial charge is 0.0933 e. The quantitative estimate of drug-likeness (QED) is 0.904. The van der Waals surface area contributed by atoms with Crippen molar-refractivity contribution in [2.75, 3.05) is 26.4 Å². The van der Waals surface area contributed by atoms with Crippen molar-refractivity contribution in [1.29, 1.82) is 0 Å². The highest BCUT2D eigenvalue weighted by atomic mass is 35.5. The lowest BCUT2D eigenvalue weighted by Crippen LogP contribution is -2.38. The highest BCUT2D eigenvalue weighted by Gasteiger charge is 2.18. The van der Waals surface area contributed by atoms with Crippen LogP contribution in [-0.4, -0.2) is 32.5 Å². The summed E-state index contributed by atoms with van der Waals surface area (Å²) in [6, 6.07) is 5.83. The molecular formula is C14H19Cl2NO2. The van der Waals surface area contributed by atoms with Gasteiger partial charge in [-0.1, -0.05) is 36.2 Å². The summed E-state index contributed by atoms with van der Waals surface area (Å²) >= 11 is 12.2. The number of ether oxygens (including phenoxy) is 2. The molecule has 0 aliphatic carbocycles. The van der Waals surface area contributed by atoms with Crippen LogP contribution in [0.25, 0.3) is 0 Å². The number of rotatable bonds is 5. The van der Waals surface area contributed by atoms with E-state index < -0.39 is 0 Å². The lowest BCUT2D eigenvalue weighted by Gasteiger charge is -2.26. The molecule has 106 valence electrons. The Morgan fingerprint density at radius 1 is 1.37 bits per heavy atom. The minimum absolute atomic E-state index is 0.119. The molecule has 1 N–H and O–H groups in total. The van der Waals surface area contributed by atoms with Gasteiger partial charge in [-0.25, -0.2) is 0 Å². The Hall–Kier alpha value is -0.320. The molecule has 0 aromatic heterocycles. The van der Waals surface area contributed by atoms with Crippen LogP contribution in [0, 0.1) is 0 Å². The molecule has 0 bridgehead atoms. The van der Waals surface area contributed by atoms with Gasteiger partial charge in [0.1, 0.15) is 0 Å². The van der Waals surface area contributed by atoms with Crippen LogP contribution in [0.15, 0.2) is 18.2 Å². The van der Waals surface area contributed by atoms with Gasteiger partial charge in [-0.3, -0.25) is 0 Å². The largest absolute Gasteiger partial charge is 0.376 e. The van der Waals surface area contributed by atoms with Crippen molar-refractivity contribution >= 4 is 23.2 Å². The van der Waals surface area contributed by atoms with E-state index in [1.54, 1.807) is 6.07 Å². The summed E-state index contributed by atoms with van der Waals surface area (Å²) in [5, 5.41) is 4.84. The van der Waals surface area contributed by atoms with Crippen LogP contribution >= 0.6 is 23.2 Å². The molecule has 1 fully saturated rings. The summed E-state index contributed by atoms with van der Waals surface area (Å²) in [4.78, 5) is 0. The normalized spacial score (nSPS) is 21.3. The zero-order valence-corrected chi connectivity index (χ0v) is 12.5. The first-order valence-electron chi connectivity index (χ1n) is 6.58. The molecule has 19 heavy (non-hydrogen) atoms. The van der Waals surface area contributed by atoms with Gasteiger partial charge in [0.05, 0.1) is 25.9 Å². The average Bonchev–Trinajstić information content (AvgIpc) is 2.42. The summed E-state index contributed by atoms with van der Waals surface area (Å²) in [5.41, 5.74) is 1.07. The van der Waals surface area contributed by atoms with Crippen molar-refractivity contribution in [3.8, 4) is 0 Å². The van der Waals surface area contributed by atoms with Gasteiger partial charge in [-0.05, 0) is 24.1 Å². The van der Waals surface area contributed by atoms with E-state index in [9.17, 15) is 0 Å². The van der Waals surface area contributed by atoms with E-state index in [0.717, 1.165) is 18.5 Å². The molecule has 1 aromatic carbocycles. The van der Waals surface area contributed by atoms with Crippen molar-refractivity contribution in [2.45, 2.75) is 25.5 Å². The van der Waals surface area contributed by atoms with Crippen LogP contribution in [-0.2, 0) is 9.47 Å². The van der Waals surface area contributed by atoms with Crippen LogP contribution in [0.5, 0.6) is 0 Å². The second-order valence-corrected chi connectivity index (χ2v) is 5.45. The molecule has 1 aromatic rings. The summed E-state index contributed by atoms with van der Waals surface area (Å²) in [6.45, 7) is 4.90. The van der Waals surface area contributed by atoms with Gasteiger partial charge in [-0.15, -0.1) is 0 Å².